The predicted molar refractivity (Wildman–Crippen MR) is 113 cm³/mol. The van der Waals surface area contributed by atoms with E-state index in [0.29, 0.717) is 28.9 Å². The topological polar surface area (TPSA) is 49.8 Å². The fourth-order valence-corrected chi connectivity index (χ4v) is 5.30. The van der Waals surface area contributed by atoms with Crippen molar-refractivity contribution in [3.63, 3.8) is 0 Å². The van der Waals surface area contributed by atoms with E-state index in [2.05, 4.69) is 0 Å². The van der Waals surface area contributed by atoms with Crippen molar-refractivity contribution >= 4 is 27.3 Å². The van der Waals surface area contributed by atoms with Gasteiger partial charge in [0, 0.05) is 35.8 Å². The van der Waals surface area contributed by atoms with Gasteiger partial charge in [-0.1, -0.05) is 36.4 Å². The zero-order valence-corrected chi connectivity index (χ0v) is 17.1. The minimum Gasteiger partial charge on any atom is -0.388 e. The molecular weight excluding hydrogens is 389 g/mol. The third-order valence-electron chi connectivity index (χ3n) is 5.66. The number of fused-ring (bicyclic) bond motifs is 1. The molecule has 0 spiro atoms. The van der Waals surface area contributed by atoms with Gasteiger partial charge in [0.2, 0.25) is 0 Å². The molecule has 1 aromatic heterocycles. The van der Waals surface area contributed by atoms with Crippen LogP contribution in [0, 0.1) is 11.7 Å². The summed E-state index contributed by atoms with van der Waals surface area (Å²) in [5.74, 6) is -0.278. The minimum atomic E-state index is -0.518. The molecule has 1 N–H and O–H groups in total. The number of methoxy groups -OCH3 is 1. The zero-order chi connectivity index (χ0) is 20.4. The van der Waals surface area contributed by atoms with Crippen LogP contribution in [-0.2, 0) is 11.3 Å². The highest BCUT2D eigenvalue weighted by atomic mass is 32.1. The SMILES string of the molecule is COCc1c(C(=O)N2CCC(C(O)c3ccccc3)CC2)sc2cccc(F)c12. The van der Waals surface area contributed by atoms with Crippen LogP contribution in [0.1, 0.15) is 39.7 Å². The maximum Gasteiger partial charge on any atom is 0.264 e. The Bertz CT molecular complexity index is 996. The van der Waals surface area contributed by atoms with Crippen LogP contribution in [-0.4, -0.2) is 36.1 Å². The number of rotatable bonds is 5. The van der Waals surface area contributed by atoms with E-state index >= 15 is 0 Å². The molecule has 1 aliphatic rings. The van der Waals surface area contributed by atoms with Gasteiger partial charge < -0.3 is 14.7 Å². The van der Waals surface area contributed by atoms with Crippen molar-refractivity contribution in [3.05, 3.63) is 70.4 Å². The number of piperidine rings is 1. The number of ether oxygens (including phenoxy) is 1. The van der Waals surface area contributed by atoms with E-state index in [0.717, 1.165) is 23.1 Å². The largest absolute Gasteiger partial charge is 0.388 e. The van der Waals surface area contributed by atoms with Gasteiger partial charge in [0.15, 0.2) is 0 Å². The Balaban J connectivity index is 1.51. The Morgan fingerprint density at radius 3 is 2.62 bits per heavy atom. The number of thiophene rings is 1. The number of hydrogen-bond acceptors (Lipinski definition) is 4. The van der Waals surface area contributed by atoms with E-state index in [1.165, 1.54) is 17.4 Å². The summed E-state index contributed by atoms with van der Waals surface area (Å²) < 4.78 is 20.4. The van der Waals surface area contributed by atoms with Gasteiger partial charge in [-0.3, -0.25) is 4.79 Å². The maximum absolute atomic E-state index is 14.4. The van der Waals surface area contributed by atoms with Gasteiger partial charge in [-0.2, -0.15) is 0 Å². The van der Waals surface area contributed by atoms with Gasteiger partial charge in [0.25, 0.3) is 5.91 Å². The molecule has 1 unspecified atom stereocenters. The number of benzene rings is 2. The van der Waals surface area contributed by atoms with Crippen molar-refractivity contribution in [2.24, 2.45) is 5.92 Å². The number of likely N-dealkylation sites (tertiary alicyclic amines) is 1. The highest BCUT2D eigenvalue weighted by molar-refractivity contribution is 7.21. The van der Waals surface area contributed by atoms with Crippen molar-refractivity contribution in [2.45, 2.75) is 25.6 Å². The minimum absolute atomic E-state index is 0.0784. The number of nitrogens with zero attached hydrogens (tertiary/aromatic N) is 1. The molecule has 1 amide bonds. The number of aliphatic hydroxyl groups is 1. The van der Waals surface area contributed by atoms with Crippen LogP contribution in [0.5, 0.6) is 0 Å². The van der Waals surface area contributed by atoms with Gasteiger partial charge in [0.1, 0.15) is 5.82 Å². The second-order valence-corrected chi connectivity index (χ2v) is 8.49. The summed E-state index contributed by atoms with van der Waals surface area (Å²) in [6.07, 6.45) is 0.956. The number of carbonyl (C=O) groups excluding carboxylic acids is 1. The lowest BCUT2D eigenvalue weighted by atomic mass is 9.87. The fourth-order valence-electron chi connectivity index (χ4n) is 4.11. The van der Waals surface area contributed by atoms with Gasteiger partial charge in [-0.25, -0.2) is 4.39 Å². The fraction of sp³-hybridized carbons (Fsp3) is 0.348. The lowest BCUT2D eigenvalue weighted by Gasteiger charge is -2.34. The molecule has 1 atom stereocenters. The molecule has 29 heavy (non-hydrogen) atoms. The summed E-state index contributed by atoms with van der Waals surface area (Å²) >= 11 is 1.32. The molecule has 2 aromatic carbocycles. The molecule has 0 aliphatic carbocycles. The molecule has 3 aromatic rings. The molecule has 1 saturated heterocycles. The number of aliphatic hydroxyl groups excluding tert-OH is 1. The summed E-state index contributed by atoms with van der Waals surface area (Å²) in [7, 11) is 1.55. The normalized spacial score (nSPS) is 16.3. The van der Waals surface area contributed by atoms with Crippen molar-refractivity contribution in [3.8, 4) is 0 Å². The van der Waals surface area contributed by atoms with Crippen LogP contribution in [0.4, 0.5) is 4.39 Å². The molecule has 4 nitrogen and oxygen atoms in total. The first-order valence-corrected chi connectivity index (χ1v) is 10.6. The molecule has 0 bridgehead atoms. The Hall–Kier alpha value is -2.28. The summed E-state index contributed by atoms with van der Waals surface area (Å²) in [4.78, 5) is 15.6. The van der Waals surface area contributed by atoms with E-state index in [1.807, 2.05) is 41.3 Å². The second-order valence-electron chi connectivity index (χ2n) is 7.44. The van der Waals surface area contributed by atoms with Crippen molar-refractivity contribution in [1.82, 2.24) is 4.90 Å². The number of halogens is 1. The van der Waals surface area contributed by atoms with E-state index in [4.69, 9.17) is 4.74 Å². The Morgan fingerprint density at radius 1 is 1.21 bits per heavy atom. The van der Waals surface area contributed by atoms with Crippen LogP contribution in [0.2, 0.25) is 0 Å². The average Bonchev–Trinajstić information content (AvgIpc) is 3.13. The highest BCUT2D eigenvalue weighted by Gasteiger charge is 2.31. The summed E-state index contributed by atoms with van der Waals surface area (Å²) in [5, 5.41) is 11.2. The van der Waals surface area contributed by atoms with Gasteiger partial charge >= 0.3 is 0 Å². The third-order valence-corrected chi connectivity index (χ3v) is 6.85. The smallest absolute Gasteiger partial charge is 0.264 e. The maximum atomic E-state index is 14.4. The predicted octanol–water partition coefficient (Wildman–Crippen LogP) is 4.77. The van der Waals surface area contributed by atoms with Gasteiger partial charge in [0.05, 0.1) is 17.6 Å². The standard InChI is InChI=1S/C23H24FNO3S/c1-28-14-17-20-18(24)8-5-9-19(20)29-22(17)23(27)25-12-10-16(11-13-25)21(26)15-6-3-2-4-7-15/h2-9,16,21,26H,10-14H2,1H3. The number of carbonyl (C=O) groups is 1. The van der Waals surface area contributed by atoms with E-state index in [-0.39, 0.29) is 24.2 Å². The monoisotopic (exact) mass is 413 g/mol. The summed E-state index contributed by atoms with van der Waals surface area (Å²) in [6, 6.07) is 14.6. The van der Waals surface area contributed by atoms with Crippen molar-refractivity contribution in [2.75, 3.05) is 20.2 Å². The molecule has 0 radical (unpaired) electrons. The summed E-state index contributed by atoms with van der Waals surface area (Å²) in [6.45, 7) is 1.36. The van der Waals surface area contributed by atoms with Crippen LogP contribution < -0.4 is 0 Å². The molecule has 4 rings (SSSR count). The number of hydrogen-bond donors (Lipinski definition) is 1. The molecule has 2 heterocycles. The molecular formula is C23H24FNO3S. The zero-order valence-electron chi connectivity index (χ0n) is 16.3. The van der Waals surface area contributed by atoms with E-state index in [9.17, 15) is 14.3 Å². The first-order chi connectivity index (χ1) is 14.1. The highest BCUT2D eigenvalue weighted by Crippen LogP contribution is 2.36. The molecule has 0 saturated carbocycles. The van der Waals surface area contributed by atoms with Crippen LogP contribution in [0.25, 0.3) is 10.1 Å². The molecule has 1 aliphatic heterocycles. The average molecular weight is 414 g/mol. The Kier molecular flexibility index (Phi) is 5.94. The molecule has 1 fully saturated rings. The lowest BCUT2D eigenvalue weighted by Crippen LogP contribution is -2.39. The summed E-state index contributed by atoms with van der Waals surface area (Å²) in [5.41, 5.74) is 1.54. The molecule has 6 heteroatoms. The van der Waals surface area contributed by atoms with Gasteiger partial charge in [-0.05, 0) is 36.5 Å². The van der Waals surface area contributed by atoms with E-state index in [1.54, 1.807) is 13.2 Å². The lowest BCUT2D eigenvalue weighted by molar-refractivity contribution is 0.0463. The van der Waals surface area contributed by atoms with Crippen molar-refractivity contribution in [1.29, 1.82) is 0 Å². The Labute approximate surface area is 173 Å². The van der Waals surface area contributed by atoms with Crippen LogP contribution >= 0.6 is 11.3 Å². The third kappa shape index (κ3) is 3.92. The Morgan fingerprint density at radius 2 is 1.93 bits per heavy atom. The van der Waals surface area contributed by atoms with Crippen LogP contribution in [0.15, 0.2) is 48.5 Å². The first-order valence-electron chi connectivity index (χ1n) is 9.81. The van der Waals surface area contributed by atoms with Crippen LogP contribution in [0.3, 0.4) is 0 Å². The van der Waals surface area contributed by atoms with E-state index < -0.39 is 6.10 Å². The quantitative estimate of drug-likeness (QED) is 0.655. The molecule has 152 valence electrons. The number of amides is 1. The first kappa shape index (κ1) is 20.0. The van der Waals surface area contributed by atoms with Crippen molar-refractivity contribution < 1.29 is 19.0 Å². The van der Waals surface area contributed by atoms with Gasteiger partial charge in [-0.15, -0.1) is 11.3 Å². The second kappa shape index (κ2) is 8.61.